The van der Waals surface area contributed by atoms with E-state index in [0.29, 0.717) is 0 Å². The molecule has 4 heteroatoms. The normalized spacial score (nSPS) is 25.4. The van der Waals surface area contributed by atoms with Crippen molar-refractivity contribution in [3.05, 3.63) is 59.2 Å². The summed E-state index contributed by atoms with van der Waals surface area (Å²) in [6.45, 7) is 6.08. The number of ether oxygens (including phenoxy) is 1. The summed E-state index contributed by atoms with van der Waals surface area (Å²) in [6.07, 6.45) is 0.725. The van der Waals surface area contributed by atoms with E-state index in [1.165, 1.54) is 5.56 Å². The lowest BCUT2D eigenvalue weighted by Crippen LogP contribution is -2.65. The standard InChI is InChI=1S/C19H20N2O2/c1-12-8-9-16(13(2)10-12)21-18(22)20-15-11-19(21,3)23-17-7-5-4-6-14(15)17/h4-10,15H,11H2,1-3H3,(H,20,22). The Morgan fingerprint density at radius 2 is 2.00 bits per heavy atom. The van der Waals surface area contributed by atoms with Crippen molar-refractivity contribution in [2.45, 2.75) is 39.0 Å². The van der Waals surface area contributed by atoms with Crippen molar-refractivity contribution in [2.24, 2.45) is 0 Å². The minimum Gasteiger partial charge on any atom is -0.467 e. The number of rotatable bonds is 1. The number of hydrogen-bond acceptors (Lipinski definition) is 2. The van der Waals surface area contributed by atoms with Crippen LogP contribution in [0.2, 0.25) is 0 Å². The fourth-order valence-electron chi connectivity index (χ4n) is 3.74. The number of nitrogens with one attached hydrogen (secondary N) is 1. The Labute approximate surface area is 136 Å². The summed E-state index contributed by atoms with van der Waals surface area (Å²) in [6, 6.07) is 13.9. The van der Waals surface area contributed by atoms with Crippen LogP contribution in [0.1, 0.15) is 36.1 Å². The van der Waals surface area contributed by atoms with Crippen LogP contribution in [0.3, 0.4) is 0 Å². The van der Waals surface area contributed by atoms with Crippen molar-refractivity contribution >= 4 is 11.7 Å². The lowest BCUT2D eigenvalue weighted by molar-refractivity contribution is 0.0378. The van der Waals surface area contributed by atoms with Crippen LogP contribution in [-0.2, 0) is 0 Å². The number of hydrogen-bond donors (Lipinski definition) is 1. The van der Waals surface area contributed by atoms with Gasteiger partial charge in [-0.1, -0.05) is 35.9 Å². The Bertz CT molecular complexity index is 802. The van der Waals surface area contributed by atoms with E-state index in [4.69, 9.17) is 4.74 Å². The van der Waals surface area contributed by atoms with E-state index >= 15 is 0 Å². The van der Waals surface area contributed by atoms with Gasteiger partial charge in [0, 0.05) is 12.0 Å². The van der Waals surface area contributed by atoms with Crippen molar-refractivity contribution in [1.82, 2.24) is 5.32 Å². The van der Waals surface area contributed by atoms with Gasteiger partial charge in [0.15, 0.2) is 5.72 Å². The summed E-state index contributed by atoms with van der Waals surface area (Å²) in [5.74, 6) is 0.848. The highest BCUT2D eigenvalue weighted by Gasteiger charge is 2.49. The maximum atomic E-state index is 12.8. The molecule has 4 nitrogen and oxygen atoms in total. The molecule has 0 spiro atoms. The summed E-state index contributed by atoms with van der Waals surface area (Å²) in [4.78, 5) is 14.6. The summed E-state index contributed by atoms with van der Waals surface area (Å²) in [7, 11) is 0. The third-order valence-corrected chi connectivity index (χ3v) is 4.77. The first kappa shape index (κ1) is 14.1. The van der Waals surface area contributed by atoms with Gasteiger partial charge in [0.25, 0.3) is 0 Å². The quantitative estimate of drug-likeness (QED) is 0.862. The lowest BCUT2D eigenvalue weighted by atomic mass is 9.90. The van der Waals surface area contributed by atoms with Crippen molar-refractivity contribution in [3.8, 4) is 5.75 Å². The zero-order valence-corrected chi connectivity index (χ0v) is 13.6. The van der Waals surface area contributed by atoms with Gasteiger partial charge in [0.05, 0.1) is 11.7 Å². The van der Waals surface area contributed by atoms with Gasteiger partial charge in [-0.2, -0.15) is 0 Å². The van der Waals surface area contributed by atoms with Crippen LogP contribution in [-0.4, -0.2) is 11.8 Å². The summed E-state index contributed by atoms with van der Waals surface area (Å²) < 4.78 is 6.28. The molecule has 0 saturated carbocycles. The topological polar surface area (TPSA) is 41.6 Å². The van der Waals surface area contributed by atoms with Crippen molar-refractivity contribution in [1.29, 1.82) is 0 Å². The molecule has 2 atom stereocenters. The van der Waals surface area contributed by atoms with Gasteiger partial charge in [-0.3, -0.25) is 4.90 Å². The van der Waals surface area contributed by atoms with Gasteiger partial charge in [0.1, 0.15) is 5.75 Å². The molecule has 2 amide bonds. The zero-order chi connectivity index (χ0) is 16.2. The van der Waals surface area contributed by atoms with Crippen LogP contribution in [0.4, 0.5) is 10.5 Å². The molecule has 23 heavy (non-hydrogen) atoms. The Morgan fingerprint density at radius 1 is 1.22 bits per heavy atom. The number of nitrogens with zero attached hydrogens (tertiary/aromatic N) is 1. The van der Waals surface area contributed by atoms with E-state index in [2.05, 4.69) is 18.3 Å². The highest BCUT2D eigenvalue weighted by Crippen LogP contribution is 2.45. The fourth-order valence-corrected chi connectivity index (χ4v) is 3.74. The number of carbonyl (C=O) groups is 1. The highest BCUT2D eigenvalue weighted by molar-refractivity contribution is 5.95. The first-order chi connectivity index (χ1) is 11.0. The minimum absolute atomic E-state index is 0.000505. The van der Waals surface area contributed by atoms with Crippen LogP contribution >= 0.6 is 0 Å². The highest BCUT2D eigenvalue weighted by atomic mass is 16.5. The lowest BCUT2D eigenvalue weighted by Gasteiger charge is -2.51. The molecule has 1 saturated heterocycles. The minimum atomic E-state index is -0.679. The molecular formula is C19H20N2O2. The van der Waals surface area contributed by atoms with Crippen molar-refractivity contribution in [3.63, 3.8) is 0 Å². The molecule has 1 fully saturated rings. The third kappa shape index (κ3) is 2.09. The molecule has 2 aliphatic heterocycles. The maximum Gasteiger partial charge on any atom is 0.325 e. The predicted octanol–water partition coefficient (Wildman–Crippen LogP) is 4.07. The predicted molar refractivity (Wildman–Crippen MR) is 89.8 cm³/mol. The molecule has 118 valence electrons. The smallest absolute Gasteiger partial charge is 0.325 e. The number of benzene rings is 2. The molecule has 1 N–H and O–H groups in total. The number of aryl methyl sites for hydroxylation is 2. The largest absolute Gasteiger partial charge is 0.467 e. The Morgan fingerprint density at radius 3 is 2.78 bits per heavy atom. The molecule has 2 bridgehead atoms. The van der Waals surface area contributed by atoms with Crippen molar-refractivity contribution in [2.75, 3.05) is 4.90 Å². The number of anilines is 1. The van der Waals surface area contributed by atoms with Gasteiger partial charge in [-0.05, 0) is 38.5 Å². The molecular weight excluding hydrogens is 288 g/mol. The molecule has 2 aromatic rings. The zero-order valence-electron chi connectivity index (χ0n) is 13.6. The SMILES string of the molecule is Cc1ccc(N2C(=O)NC3CC2(C)Oc2ccccc23)c(C)c1. The average molecular weight is 308 g/mol. The van der Waals surface area contributed by atoms with Crippen LogP contribution in [0.25, 0.3) is 0 Å². The van der Waals surface area contributed by atoms with Crippen LogP contribution in [0.15, 0.2) is 42.5 Å². The average Bonchev–Trinajstić information content (AvgIpc) is 2.48. The number of para-hydroxylation sites is 1. The summed E-state index contributed by atoms with van der Waals surface area (Å²) >= 11 is 0. The van der Waals surface area contributed by atoms with Gasteiger partial charge >= 0.3 is 6.03 Å². The van der Waals surface area contributed by atoms with Gasteiger partial charge < -0.3 is 10.1 Å². The molecule has 4 rings (SSSR count). The van der Waals surface area contributed by atoms with E-state index in [0.717, 1.165) is 29.0 Å². The molecule has 0 aliphatic carbocycles. The Kier molecular flexibility index (Phi) is 2.92. The Hall–Kier alpha value is -2.49. The molecule has 2 unspecified atom stereocenters. The maximum absolute atomic E-state index is 12.8. The first-order valence-corrected chi connectivity index (χ1v) is 7.94. The third-order valence-electron chi connectivity index (χ3n) is 4.77. The first-order valence-electron chi connectivity index (χ1n) is 7.94. The monoisotopic (exact) mass is 308 g/mol. The number of urea groups is 1. The second kappa shape index (κ2) is 4.75. The summed E-state index contributed by atoms with van der Waals surface area (Å²) in [5.41, 5.74) is 3.53. The molecule has 2 aliphatic rings. The van der Waals surface area contributed by atoms with Crippen LogP contribution < -0.4 is 15.0 Å². The van der Waals surface area contributed by atoms with E-state index < -0.39 is 5.72 Å². The van der Waals surface area contributed by atoms with E-state index in [9.17, 15) is 4.79 Å². The summed E-state index contributed by atoms with van der Waals surface area (Å²) in [5, 5.41) is 3.13. The number of fused-ring (bicyclic) bond motifs is 4. The Balaban J connectivity index is 1.83. The van der Waals surface area contributed by atoms with Crippen molar-refractivity contribution < 1.29 is 9.53 Å². The van der Waals surface area contributed by atoms with E-state index in [-0.39, 0.29) is 12.1 Å². The van der Waals surface area contributed by atoms with Crippen LogP contribution in [0, 0.1) is 13.8 Å². The van der Waals surface area contributed by atoms with Gasteiger partial charge in [-0.15, -0.1) is 0 Å². The molecule has 2 aromatic carbocycles. The van der Waals surface area contributed by atoms with Gasteiger partial charge in [-0.25, -0.2) is 4.79 Å². The number of carbonyl (C=O) groups excluding carboxylic acids is 1. The molecule has 0 radical (unpaired) electrons. The van der Waals surface area contributed by atoms with E-state index in [1.54, 1.807) is 4.90 Å². The number of amides is 2. The second-order valence-electron chi connectivity index (χ2n) is 6.65. The second-order valence-corrected chi connectivity index (χ2v) is 6.65. The molecule has 2 heterocycles. The fraction of sp³-hybridized carbons (Fsp3) is 0.316. The van der Waals surface area contributed by atoms with Gasteiger partial charge in [0.2, 0.25) is 0 Å². The van der Waals surface area contributed by atoms with E-state index in [1.807, 2.05) is 50.2 Å². The van der Waals surface area contributed by atoms with Crippen LogP contribution in [0.5, 0.6) is 5.75 Å². The molecule has 0 aromatic heterocycles.